The van der Waals surface area contributed by atoms with E-state index in [-0.39, 0.29) is 6.42 Å². The lowest BCUT2D eigenvalue weighted by molar-refractivity contribution is -0.135. The van der Waals surface area contributed by atoms with Gasteiger partial charge in [-0.05, 0) is 24.3 Å². The number of ether oxygens (including phenoxy) is 1. The van der Waals surface area contributed by atoms with Gasteiger partial charge in [-0.25, -0.2) is 4.79 Å². The first-order valence-electron chi connectivity index (χ1n) is 4.52. The molecule has 82 valence electrons. The molecule has 0 aromatic heterocycles. The molecule has 16 heavy (non-hydrogen) atoms. The Hall–Kier alpha value is -2.28. The van der Waals surface area contributed by atoms with Crippen molar-refractivity contribution in [2.45, 2.75) is 6.42 Å². The number of esters is 1. The Labute approximate surface area is 92.9 Å². The number of carbonyl (C=O) groups is 2. The predicted octanol–water partition coefficient (Wildman–Crippen LogP) is 1.30. The lowest BCUT2D eigenvalue weighted by Crippen LogP contribution is -2.00. The van der Waals surface area contributed by atoms with E-state index < -0.39 is 11.9 Å². The topological polar surface area (TPSA) is 63.6 Å². The van der Waals surface area contributed by atoms with Gasteiger partial charge < -0.3 is 9.84 Å². The van der Waals surface area contributed by atoms with Gasteiger partial charge in [0.2, 0.25) is 0 Å². The van der Waals surface area contributed by atoms with E-state index in [0.717, 1.165) is 0 Å². The standard InChI is InChI=1S/C12H10O4/c1-16-12(15)10-7-5-9(6-8-10)3-2-4-11(13)14/h5-8H,4H2,1H3,(H,13,14). The van der Waals surface area contributed by atoms with Crippen molar-refractivity contribution in [1.29, 1.82) is 0 Å². The highest BCUT2D eigenvalue weighted by Gasteiger charge is 2.02. The van der Waals surface area contributed by atoms with E-state index in [1.165, 1.54) is 7.11 Å². The van der Waals surface area contributed by atoms with Crippen molar-refractivity contribution in [2.75, 3.05) is 7.11 Å². The maximum absolute atomic E-state index is 11.1. The van der Waals surface area contributed by atoms with Crippen molar-refractivity contribution >= 4 is 11.9 Å². The van der Waals surface area contributed by atoms with Crippen LogP contribution in [0.3, 0.4) is 0 Å². The average molecular weight is 218 g/mol. The van der Waals surface area contributed by atoms with E-state index in [1.807, 2.05) is 0 Å². The lowest BCUT2D eigenvalue weighted by Gasteiger charge is -1.97. The maximum Gasteiger partial charge on any atom is 0.337 e. The van der Waals surface area contributed by atoms with E-state index in [1.54, 1.807) is 24.3 Å². The third kappa shape index (κ3) is 3.46. The van der Waals surface area contributed by atoms with Crippen LogP contribution in [0.25, 0.3) is 0 Å². The number of carboxylic acids is 1. The highest BCUT2D eigenvalue weighted by atomic mass is 16.5. The van der Waals surface area contributed by atoms with Crippen molar-refractivity contribution < 1.29 is 19.4 Å². The molecule has 4 heteroatoms. The number of hydrogen-bond acceptors (Lipinski definition) is 3. The first-order chi connectivity index (χ1) is 7.63. The zero-order valence-electron chi connectivity index (χ0n) is 8.69. The van der Waals surface area contributed by atoms with Gasteiger partial charge in [-0.1, -0.05) is 11.8 Å². The zero-order valence-corrected chi connectivity index (χ0v) is 8.69. The molecule has 0 heterocycles. The molecule has 0 aliphatic rings. The Morgan fingerprint density at radius 1 is 1.31 bits per heavy atom. The van der Waals surface area contributed by atoms with Crippen LogP contribution in [-0.4, -0.2) is 24.2 Å². The molecule has 0 saturated carbocycles. The van der Waals surface area contributed by atoms with Gasteiger partial charge in [-0.15, -0.1) is 0 Å². The molecule has 0 aliphatic carbocycles. The largest absolute Gasteiger partial charge is 0.481 e. The van der Waals surface area contributed by atoms with Gasteiger partial charge in [0.15, 0.2) is 0 Å². The molecule has 0 unspecified atom stereocenters. The molecule has 1 N–H and O–H groups in total. The number of carboxylic acid groups (broad SMARTS) is 1. The molecule has 0 aliphatic heterocycles. The van der Waals surface area contributed by atoms with Crippen LogP contribution >= 0.6 is 0 Å². The lowest BCUT2D eigenvalue weighted by atomic mass is 10.1. The molecule has 0 saturated heterocycles. The maximum atomic E-state index is 11.1. The molecule has 0 bridgehead atoms. The molecular formula is C12H10O4. The Bertz CT molecular complexity index is 448. The van der Waals surface area contributed by atoms with Crippen LogP contribution < -0.4 is 0 Å². The van der Waals surface area contributed by atoms with Gasteiger partial charge in [-0.2, -0.15) is 0 Å². The van der Waals surface area contributed by atoms with Gasteiger partial charge >= 0.3 is 11.9 Å². The Morgan fingerprint density at radius 2 is 1.94 bits per heavy atom. The minimum absolute atomic E-state index is 0.196. The SMILES string of the molecule is COC(=O)c1ccc(C#CCC(=O)O)cc1. The summed E-state index contributed by atoms with van der Waals surface area (Å²) in [6, 6.07) is 6.44. The van der Waals surface area contributed by atoms with E-state index in [4.69, 9.17) is 5.11 Å². The predicted molar refractivity (Wildman–Crippen MR) is 56.9 cm³/mol. The first-order valence-corrected chi connectivity index (χ1v) is 4.52. The van der Waals surface area contributed by atoms with Crippen molar-refractivity contribution in [1.82, 2.24) is 0 Å². The summed E-state index contributed by atoms with van der Waals surface area (Å²) in [5.74, 6) is 3.80. The van der Waals surface area contributed by atoms with E-state index in [0.29, 0.717) is 11.1 Å². The molecule has 1 aromatic carbocycles. The zero-order chi connectivity index (χ0) is 12.0. The van der Waals surface area contributed by atoms with Crippen molar-refractivity contribution in [3.63, 3.8) is 0 Å². The molecule has 0 atom stereocenters. The quantitative estimate of drug-likeness (QED) is 0.600. The van der Waals surface area contributed by atoms with Gasteiger partial charge in [0.1, 0.15) is 6.42 Å². The highest BCUT2D eigenvalue weighted by molar-refractivity contribution is 5.89. The number of methoxy groups -OCH3 is 1. The van der Waals surface area contributed by atoms with Gasteiger partial charge in [0, 0.05) is 5.56 Å². The van der Waals surface area contributed by atoms with E-state index in [2.05, 4.69) is 16.6 Å². The Kier molecular flexibility index (Phi) is 4.10. The molecule has 0 radical (unpaired) electrons. The minimum Gasteiger partial charge on any atom is -0.481 e. The molecule has 1 rings (SSSR count). The van der Waals surface area contributed by atoms with Gasteiger partial charge in [0.05, 0.1) is 12.7 Å². The van der Waals surface area contributed by atoms with Crippen molar-refractivity contribution in [2.24, 2.45) is 0 Å². The molecule has 1 aromatic rings. The number of aliphatic carboxylic acids is 1. The second-order valence-corrected chi connectivity index (χ2v) is 2.94. The van der Waals surface area contributed by atoms with Crippen LogP contribution in [0.1, 0.15) is 22.3 Å². The smallest absolute Gasteiger partial charge is 0.337 e. The Morgan fingerprint density at radius 3 is 2.44 bits per heavy atom. The summed E-state index contributed by atoms with van der Waals surface area (Å²) in [5, 5.41) is 8.38. The van der Waals surface area contributed by atoms with Crippen LogP contribution in [0.4, 0.5) is 0 Å². The molecule has 4 nitrogen and oxygen atoms in total. The summed E-state index contributed by atoms with van der Waals surface area (Å²) < 4.78 is 4.54. The highest BCUT2D eigenvalue weighted by Crippen LogP contribution is 2.04. The fraction of sp³-hybridized carbons (Fsp3) is 0.167. The third-order valence-corrected chi connectivity index (χ3v) is 1.78. The average Bonchev–Trinajstić information content (AvgIpc) is 2.28. The summed E-state index contributed by atoms with van der Waals surface area (Å²) in [6.07, 6.45) is -0.196. The van der Waals surface area contributed by atoms with Gasteiger partial charge in [0.25, 0.3) is 0 Å². The summed E-state index contributed by atoms with van der Waals surface area (Å²) in [5.41, 5.74) is 1.10. The Balaban J connectivity index is 2.74. The molecule has 0 spiro atoms. The molecule has 0 amide bonds. The van der Waals surface area contributed by atoms with Crippen molar-refractivity contribution in [3.05, 3.63) is 35.4 Å². The number of benzene rings is 1. The summed E-state index contributed by atoms with van der Waals surface area (Å²) in [6.45, 7) is 0. The molecular weight excluding hydrogens is 208 g/mol. The minimum atomic E-state index is -0.960. The van der Waals surface area contributed by atoms with Crippen LogP contribution in [0.5, 0.6) is 0 Å². The fourth-order valence-electron chi connectivity index (χ4n) is 1.03. The molecule has 0 fully saturated rings. The van der Waals surface area contributed by atoms with E-state index >= 15 is 0 Å². The fourth-order valence-corrected chi connectivity index (χ4v) is 1.03. The number of carbonyl (C=O) groups excluding carboxylic acids is 1. The van der Waals surface area contributed by atoms with Gasteiger partial charge in [-0.3, -0.25) is 4.79 Å². The second kappa shape index (κ2) is 5.56. The summed E-state index contributed by atoms with van der Waals surface area (Å²) in [7, 11) is 1.31. The number of hydrogen-bond donors (Lipinski definition) is 1. The summed E-state index contributed by atoms with van der Waals surface area (Å²) >= 11 is 0. The number of rotatable bonds is 2. The third-order valence-electron chi connectivity index (χ3n) is 1.78. The van der Waals surface area contributed by atoms with Crippen LogP contribution in [-0.2, 0) is 9.53 Å². The normalized spacial score (nSPS) is 8.81. The van der Waals surface area contributed by atoms with Crippen LogP contribution in [0.2, 0.25) is 0 Å². The van der Waals surface area contributed by atoms with Crippen LogP contribution in [0.15, 0.2) is 24.3 Å². The van der Waals surface area contributed by atoms with Crippen LogP contribution in [0, 0.1) is 11.8 Å². The first kappa shape index (κ1) is 11.8. The second-order valence-electron chi connectivity index (χ2n) is 2.94. The monoisotopic (exact) mass is 218 g/mol. The summed E-state index contributed by atoms with van der Waals surface area (Å²) in [4.78, 5) is 21.3. The van der Waals surface area contributed by atoms with E-state index in [9.17, 15) is 9.59 Å². The van der Waals surface area contributed by atoms with Crippen molar-refractivity contribution in [3.8, 4) is 11.8 Å².